The zero-order valence-electron chi connectivity index (χ0n) is 5.89. The fourth-order valence-corrected chi connectivity index (χ4v) is 0.687. The van der Waals surface area contributed by atoms with Gasteiger partial charge >= 0.3 is 0 Å². The molecule has 3 N–H and O–H groups in total. The van der Waals surface area contributed by atoms with Gasteiger partial charge in [0.25, 0.3) is 0 Å². The molecule has 1 aromatic carbocycles. The van der Waals surface area contributed by atoms with Gasteiger partial charge in [0, 0.05) is 49.7 Å². The molecule has 0 aromatic heterocycles. The molecule has 0 aliphatic heterocycles. The Bertz CT molecular complexity index is 223. The summed E-state index contributed by atoms with van der Waals surface area (Å²) in [6, 6.07) is 5.22. The molecule has 0 amide bonds. The summed E-state index contributed by atoms with van der Waals surface area (Å²) in [7, 11) is 0. The van der Waals surface area contributed by atoms with E-state index in [-0.39, 0.29) is 44.1 Å². The molecule has 0 atom stereocenters. The molecule has 0 unspecified atom stereocenters. The third-order valence-corrected chi connectivity index (χ3v) is 1.25. The summed E-state index contributed by atoms with van der Waals surface area (Å²) >= 11 is 0. The minimum absolute atomic E-state index is 0. The van der Waals surface area contributed by atoms with Crippen molar-refractivity contribution in [1.29, 1.82) is 0 Å². The Morgan fingerprint density at radius 2 is 2.00 bits per heavy atom. The Balaban J connectivity index is 0.000000810. The van der Waals surface area contributed by atoms with Gasteiger partial charge in [-0.3, -0.25) is 0 Å². The Labute approximate surface area is 96.5 Å². The zero-order valence-corrected chi connectivity index (χ0v) is 10.6. The van der Waals surface area contributed by atoms with Crippen molar-refractivity contribution >= 4 is 11.4 Å². The van der Waals surface area contributed by atoms with Crippen LogP contribution in [-0.2, 0) is 0 Å². The van der Waals surface area contributed by atoms with Crippen molar-refractivity contribution in [3.05, 3.63) is 29.5 Å². The van der Waals surface area contributed by atoms with Crippen molar-refractivity contribution in [2.75, 3.05) is 5.73 Å². The molecule has 1 rings (SSSR count). The van der Waals surface area contributed by atoms with E-state index in [0.717, 1.165) is 11.3 Å². The number of hydrogen-bond acceptors (Lipinski definition) is 1. The van der Waals surface area contributed by atoms with Crippen LogP contribution in [0, 0.1) is 51.0 Å². The van der Waals surface area contributed by atoms with Crippen molar-refractivity contribution in [2.45, 2.75) is 6.92 Å². The van der Waals surface area contributed by atoms with E-state index in [1.165, 1.54) is 0 Å². The minimum atomic E-state index is 0. The van der Waals surface area contributed by atoms with Gasteiger partial charge < -0.3 is 11.5 Å². The molecule has 0 aliphatic rings. The Hall–Kier alpha value is 0.262. The van der Waals surface area contributed by atoms with Crippen LogP contribution in [0.2, 0.25) is 0 Å². The first kappa shape index (κ1) is 10.3. The molecule has 0 spiro atoms. The van der Waals surface area contributed by atoms with E-state index < -0.39 is 0 Å². The molecule has 10 heavy (non-hydrogen) atoms. The summed E-state index contributed by atoms with van der Waals surface area (Å²) in [6.07, 6.45) is 0. The van der Waals surface area contributed by atoms with Crippen LogP contribution in [0.25, 0.3) is 5.73 Å². The molecule has 1 aromatic rings. The van der Waals surface area contributed by atoms with Crippen LogP contribution in [0.4, 0.5) is 11.4 Å². The van der Waals surface area contributed by atoms with Crippen LogP contribution in [-0.4, -0.2) is 0 Å². The Morgan fingerprint density at radius 1 is 1.40 bits per heavy atom. The SMILES string of the molecule is Cc1cc(N)ccc1[NH-].[Ac]. The molecular formula is C7H9AcN2-. The number of hydrogen-bond donors (Lipinski definition) is 1. The van der Waals surface area contributed by atoms with Gasteiger partial charge in [-0.1, -0.05) is 11.6 Å². The normalized spacial score (nSPS) is 8.50. The van der Waals surface area contributed by atoms with Gasteiger partial charge in [-0.15, -0.1) is 5.69 Å². The van der Waals surface area contributed by atoms with E-state index in [1.54, 1.807) is 18.2 Å². The van der Waals surface area contributed by atoms with Crippen molar-refractivity contribution < 1.29 is 44.1 Å². The number of rotatable bonds is 0. The first-order valence-electron chi connectivity index (χ1n) is 2.78. The van der Waals surface area contributed by atoms with Crippen LogP contribution in [0.1, 0.15) is 5.56 Å². The second-order valence-electron chi connectivity index (χ2n) is 2.07. The van der Waals surface area contributed by atoms with E-state index in [1.807, 2.05) is 6.92 Å². The average Bonchev–Trinajstić information content (AvgIpc) is 1.80. The van der Waals surface area contributed by atoms with Gasteiger partial charge in [-0.2, -0.15) is 0 Å². The van der Waals surface area contributed by atoms with E-state index in [9.17, 15) is 0 Å². The molecule has 1 radical (unpaired) electrons. The van der Waals surface area contributed by atoms with E-state index in [4.69, 9.17) is 11.5 Å². The largest absolute Gasteiger partial charge is 0.699 e. The first-order valence-corrected chi connectivity index (χ1v) is 2.78. The maximum absolute atomic E-state index is 7.26. The summed E-state index contributed by atoms with van der Waals surface area (Å²) < 4.78 is 0. The molecule has 3 heteroatoms. The second kappa shape index (κ2) is 4.20. The first-order chi connectivity index (χ1) is 4.20. The molecule has 0 bridgehead atoms. The number of nitrogens with two attached hydrogens (primary N) is 1. The van der Waals surface area contributed by atoms with Crippen LogP contribution in [0.5, 0.6) is 0 Å². The molecule has 0 aliphatic carbocycles. The van der Waals surface area contributed by atoms with Gasteiger partial charge in [0.15, 0.2) is 0 Å². The predicted octanol–water partition coefficient (Wildman–Crippen LogP) is 2.26. The Kier molecular flexibility index (Phi) is 4.31. The van der Waals surface area contributed by atoms with Crippen molar-refractivity contribution in [2.24, 2.45) is 0 Å². The summed E-state index contributed by atoms with van der Waals surface area (Å²) in [5.74, 6) is 0. The van der Waals surface area contributed by atoms with Gasteiger partial charge in [0.1, 0.15) is 0 Å². The maximum atomic E-state index is 7.26. The van der Waals surface area contributed by atoms with E-state index >= 15 is 0 Å². The molecule has 0 saturated heterocycles. The van der Waals surface area contributed by atoms with Gasteiger partial charge in [-0.05, 0) is 19.1 Å². The standard InChI is InChI=1S/C7H9N2.Ac/c1-5-4-6(8)2-3-7(5)9;/h2-4,9H,8H2,1H3;/q-1;. The molecular weight excluding hydrogens is 339 g/mol. The van der Waals surface area contributed by atoms with Crippen LogP contribution in [0.15, 0.2) is 18.2 Å². The van der Waals surface area contributed by atoms with Crippen LogP contribution in [0.3, 0.4) is 0 Å². The zero-order chi connectivity index (χ0) is 6.85. The topological polar surface area (TPSA) is 49.8 Å². The number of nitrogens with one attached hydrogen (secondary N) is 1. The smallest absolute Gasteiger partial charge is 0.0315 e. The van der Waals surface area contributed by atoms with Gasteiger partial charge in [0.2, 0.25) is 0 Å². The molecule has 0 fully saturated rings. The van der Waals surface area contributed by atoms with Crippen LogP contribution >= 0.6 is 0 Å². The van der Waals surface area contributed by atoms with Crippen molar-refractivity contribution in [3.8, 4) is 0 Å². The fraction of sp³-hybridized carbons (Fsp3) is 0.143. The Morgan fingerprint density at radius 3 is 2.40 bits per heavy atom. The number of aryl methyl sites for hydroxylation is 1. The quantitative estimate of drug-likeness (QED) is 0.719. The fourth-order valence-electron chi connectivity index (χ4n) is 0.687. The summed E-state index contributed by atoms with van der Waals surface area (Å²) in [4.78, 5) is 0. The minimum Gasteiger partial charge on any atom is -0.699 e. The van der Waals surface area contributed by atoms with Crippen LogP contribution < -0.4 is 5.73 Å². The predicted molar refractivity (Wildman–Crippen MR) is 39.6 cm³/mol. The average molecular weight is 348 g/mol. The van der Waals surface area contributed by atoms with E-state index in [2.05, 4.69) is 0 Å². The molecule has 51 valence electrons. The van der Waals surface area contributed by atoms with Gasteiger partial charge in [0.05, 0.1) is 0 Å². The maximum Gasteiger partial charge on any atom is 0.0315 e. The number of nitrogen functional groups attached to an aromatic ring is 1. The third-order valence-electron chi connectivity index (χ3n) is 1.25. The van der Waals surface area contributed by atoms with Crippen molar-refractivity contribution in [3.63, 3.8) is 0 Å². The molecule has 0 saturated carbocycles. The van der Waals surface area contributed by atoms with Gasteiger partial charge in [-0.25, -0.2) is 0 Å². The third kappa shape index (κ3) is 2.48. The van der Waals surface area contributed by atoms with E-state index in [0.29, 0.717) is 5.69 Å². The molecule has 0 heterocycles. The summed E-state index contributed by atoms with van der Waals surface area (Å²) in [5, 5.41) is 0. The monoisotopic (exact) mass is 348 g/mol. The summed E-state index contributed by atoms with van der Waals surface area (Å²) in [5.41, 5.74) is 14.9. The number of benzene rings is 1. The number of anilines is 1. The second-order valence-corrected chi connectivity index (χ2v) is 2.07. The molecule has 2 nitrogen and oxygen atoms in total. The summed E-state index contributed by atoms with van der Waals surface area (Å²) in [6.45, 7) is 1.87. The van der Waals surface area contributed by atoms with Crippen molar-refractivity contribution in [1.82, 2.24) is 0 Å².